The Labute approximate surface area is 152 Å². The molecular weight excluding hydrogens is 326 g/mol. The zero-order valence-electron chi connectivity index (χ0n) is 14.3. The van der Waals surface area contributed by atoms with Gasteiger partial charge in [0.05, 0.1) is 17.8 Å². The minimum absolute atomic E-state index is 0.192. The van der Waals surface area contributed by atoms with Crippen molar-refractivity contribution in [1.82, 2.24) is 15.3 Å². The molecule has 5 heteroatoms. The fraction of sp³-hybridized carbons (Fsp3) is 0.190. The van der Waals surface area contributed by atoms with Crippen molar-refractivity contribution in [2.75, 3.05) is 0 Å². The average molecular weight is 345 g/mol. The molecule has 0 spiro atoms. The third-order valence-electron chi connectivity index (χ3n) is 4.27. The highest BCUT2D eigenvalue weighted by atomic mass is 16.5. The van der Waals surface area contributed by atoms with E-state index in [1.165, 1.54) is 12.8 Å². The van der Waals surface area contributed by atoms with Crippen LogP contribution in [-0.4, -0.2) is 15.9 Å². The first-order chi connectivity index (χ1) is 12.8. The number of ether oxygens (including phenoxy) is 1. The van der Waals surface area contributed by atoms with Crippen LogP contribution in [0.2, 0.25) is 0 Å². The number of benzene rings is 2. The molecule has 1 aliphatic carbocycles. The van der Waals surface area contributed by atoms with Crippen molar-refractivity contribution in [3.8, 4) is 11.5 Å². The van der Waals surface area contributed by atoms with Crippen LogP contribution in [0.15, 0.2) is 67.0 Å². The van der Waals surface area contributed by atoms with E-state index in [-0.39, 0.29) is 5.91 Å². The number of carbonyl (C=O) groups excluding carboxylic acids is 1. The molecule has 1 heterocycles. The molecule has 4 rings (SSSR count). The Morgan fingerprint density at radius 3 is 2.62 bits per heavy atom. The molecule has 1 N–H and O–H groups in total. The quantitative estimate of drug-likeness (QED) is 0.731. The second-order valence-corrected chi connectivity index (χ2v) is 6.30. The van der Waals surface area contributed by atoms with Crippen LogP contribution in [0, 0.1) is 0 Å². The molecule has 0 radical (unpaired) electrons. The molecule has 5 nitrogen and oxygen atoms in total. The van der Waals surface area contributed by atoms with E-state index >= 15 is 0 Å². The van der Waals surface area contributed by atoms with Gasteiger partial charge in [0.15, 0.2) is 0 Å². The highest BCUT2D eigenvalue weighted by molar-refractivity contribution is 5.96. The number of carbonyl (C=O) groups is 1. The SMILES string of the molecule is O=C(NCc1cc(C2CC2)ncn1)c1ccccc1Oc1ccccc1. The predicted octanol–water partition coefficient (Wildman–Crippen LogP) is 4.08. The molecule has 3 aromatic rings. The molecule has 0 unspecified atom stereocenters. The summed E-state index contributed by atoms with van der Waals surface area (Å²) in [4.78, 5) is 21.2. The van der Waals surface area contributed by atoms with Crippen molar-refractivity contribution in [1.29, 1.82) is 0 Å². The lowest BCUT2D eigenvalue weighted by atomic mass is 10.2. The summed E-state index contributed by atoms with van der Waals surface area (Å²) in [6.07, 6.45) is 3.95. The molecule has 26 heavy (non-hydrogen) atoms. The van der Waals surface area contributed by atoms with Crippen LogP contribution in [-0.2, 0) is 6.54 Å². The van der Waals surface area contributed by atoms with Gasteiger partial charge in [-0.15, -0.1) is 0 Å². The van der Waals surface area contributed by atoms with Gasteiger partial charge in [-0.25, -0.2) is 9.97 Å². The van der Waals surface area contributed by atoms with E-state index in [1.807, 2.05) is 48.5 Å². The number of para-hydroxylation sites is 2. The number of nitrogens with one attached hydrogen (secondary N) is 1. The second kappa shape index (κ2) is 7.35. The van der Waals surface area contributed by atoms with E-state index in [2.05, 4.69) is 15.3 Å². The minimum atomic E-state index is -0.192. The van der Waals surface area contributed by atoms with E-state index < -0.39 is 0 Å². The van der Waals surface area contributed by atoms with Gasteiger partial charge in [-0.3, -0.25) is 4.79 Å². The molecule has 0 bridgehead atoms. The van der Waals surface area contributed by atoms with Crippen molar-refractivity contribution in [3.63, 3.8) is 0 Å². The summed E-state index contributed by atoms with van der Waals surface area (Å²) < 4.78 is 5.86. The summed E-state index contributed by atoms with van der Waals surface area (Å²) in [6.45, 7) is 0.362. The van der Waals surface area contributed by atoms with Crippen LogP contribution >= 0.6 is 0 Å². The zero-order valence-corrected chi connectivity index (χ0v) is 14.3. The molecule has 1 aliphatic rings. The van der Waals surface area contributed by atoms with Gasteiger partial charge in [0.1, 0.15) is 17.8 Å². The lowest BCUT2D eigenvalue weighted by Crippen LogP contribution is -2.24. The fourth-order valence-corrected chi connectivity index (χ4v) is 2.74. The predicted molar refractivity (Wildman–Crippen MR) is 98.1 cm³/mol. The van der Waals surface area contributed by atoms with Gasteiger partial charge in [-0.1, -0.05) is 30.3 Å². The van der Waals surface area contributed by atoms with Crippen molar-refractivity contribution in [2.45, 2.75) is 25.3 Å². The Kier molecular flexibility index (Phi) is 4.60. The molecule has 1 aromatic heterocycles. The average Bonchev–Trinajstić information content (AvgIpc) is 3.53. The van der Waals surface area contributed by atoms with Crippen molar-refractivity contribution in [2.24, 2.45) is 0 Å². The molecule has 1 saturated carbocycles. The largest absolute Gasteiger partial charge is 0.457 e. The maximum absolute atomic E-state index is 12.6. The van der Waals surface area contributed by atoms with Gasteiger partial charge >= 0.3 is 0 Å². The highest BCUT2D eigenvalue weighted by Crippen LogP contribution is 2.38. The van der Waals surface area contributed by atoms with Gasteiger partial charge in [-0.05, 0) is 43.2 Å². The minimum Gasteiger partial charge on any atom is -0.457 e. The third kappa shape index (κ3) is 3.88. The van der Waals surface area contributed by atoms with Gasteiger partial charge in [0, 0.05) is 11.6 Å². The van der Waals surface area contributed by atoms with E-state index in [0.717, 1.165) is 11.4 Å². The summed E-state index contributed by atoms with van der Waals surface area (Å²) in [5, 5.41) is 2.92. The summed E-state index contributed by atoms with van der Waals surface area (Å²) in [6, 6.07) is 18.6. The zero-order chi connectivity index (χ0) is 17.8. The van der Waals surface area contributed by atoms with Gasteiger partial charge in [-0.2, -0.15) is 0 Å². The smallest absolute Gasteiger partial charge is 0.255 e. The van der Waals surface area contributed by atoms with Gasteiger partial charge in [0.2, 0.25) is 0 Å². The van der Waals surface area contributed by atoms with Crippen LogP contribution in [0.1, 0.15) is 40.5 Å². The Morgan fingerprint density at radius 1 is 1.04 bits per heavy atom. The van der Waals surface area contributed by atoms with E-state index in [1.54, 1.807) is 18.5 Å². The molecule has 0 atom stereocenters. The number of amides is 1. The number of rotatable bonds is 6. The first-order valence-electron chi connectivity index (χ1n) is 8.70. The standard InChI is InChI=1S/C21H19N3O2/c25-21(22-13-16-12-19(15-10-11-15)24-14-23-16)18-8-4-5-9-20(18)26-17-6-2-1-3-7-17/h1-9,12,14-15H,10-11,13H2,(H,22,25). The first kappa shape index (κ1) is 16.3. The van der Waals surface area contributed by atoms with Gasteiger partial charge in [0.25, 0.3) is 5.91 Å². The number of nitrogens with zero attached hydrogens (tertiary/aromatic N) is 2. The maximum atomic E-state index is 12.6. The lowest BCUT2D eigenvalue weighted by molar-refractivity contribution is 0.0948. The van der Waals surface area contributed by atoms with Crippen LogP contribution < -0.4 is 10.1 Å². The lowest BCUT2D eigenvalue weighted by Gasteiger charge is -2.11. The van der Waals surface area contributed by atoms with E-state index in [9.17, 15) is 4.79 Å². The van der Waals surface area contributed by atoms with Gasteiger partial charge < -0.3 is 10.1 Å². The van der Waals surface area contributed by atoms with Crippen LogP contribution in [0.25, 0.3) is 0 Å². The molecule has 130 valence electrons. The number of hydrogen-bond donors (Lipinski definition) is 1. The van der Waals surface area contributed by atoms with Crippen molar-refractivity contribution >= 4 is 5.91 Å². The summed E-state index contributed by atoms with van der Waals surface area (Å²) in [5.74, 6) is 1.59. The van der Waals surface area contributed by atoms with Crippen LogP contribution in [0.5, 0.6) is 11.5 Å². The monoisotopic (exact) mass is 345 g/mol. The van der Waals surface area contributed by atoms with Crippen molar-refractivity contribution < 1.29 is 9.53 Å². The van der Waals surface area contributed by atoms with Crippen LogP contribution in [0.3, 0.4) is 0 Å². The maximum Gasteiger partial charge on any atom is 0.255 e. The van der Waals surface area contributed by atoms with Crippen molar-refractivity contribution in [3.05, 3.63) is 83.9 Å². The Balaban J connectivity index is 1.45. The molecule has 0 saturated heterocycles. The summed E-state index contributed by atoms with van der Waals surface area (Å²) in [7, 11) is 0. The highest BCUT2D eigenvalue weighted by Gasteiger charge is 2.25. The summed E-state index contributed by atoms with van der Waals surface area (Å²) in [5.41, 5.74) is 2.38. The van der Waals surface area contributed by atoms with E-state index in [4.69, 9.17) is 4.74 Å². The van der Waals surface area contributed by atoms with Crippen LogP contribution in [0.4, 0.5) is 0 Å². The normalized spacial score (nSPS) is 13.2. The van der Waals surface area contributed by atoms with E-state index in [0.29, 0.717) is 29.5 Å². The molecule has 0 aliphatic heterocycles. The Morgan fingerprint density at radius 2 is 1.81 bits per heavy atom. The topological polar surface area (TPSA) is 64.1 Å². The second-order valence-electron chi connectivity index (χ2n) is 6.30. The molecule has 1 fully saturated rings. The fourth-order valence-electron chi connectivity index (χ4n) is 2.74. The Bertz CT molecular complexity index is 908. The summed E-state index contributed by atoms with van der Waals surface area (Å²) >= 11 is 0. The molecular formula is C21H19N3O2. The molecule has 1 amide bonds. The third-order valence-corrected chi connectivity index (χ3v) is 4.27. The Hall–Kier alpha value is -3.21. The number of hydrogen-bond acceptors (Lipinski definition) is 4. The first-order valence-corrected chi connectivity index (χ1v) is 8.70. The number of aromatic nitrogens is 2. The molecule has 2 aromatic carbocycles.